The highest BCUT2D eigenvalue weighted by molar-refractivity contribution is 7.21. The van der Waals surface area contributed by atoms with Crippen LogP contribution in [-0.4, -0.2) is 24.5 Å². The summed E-state index contributed by atoms with van der Waals surface area (Å²) in [6.45, 7) is 0.221. The molecule has 0 spiro atoms. The molecular weight excluding hydrogens is 484 g/mol. The summed E-state index contributed by atoms with van der Waals surface area (Å²) < 4.78 is 37.6. The molecule has 0 saturated heterocycles. The summed E-state index contributed by atoms with van der Waals surface area (Å²) in [6.07, 6.45) is -4.53. The summed E-state index contributed by atoms with van der Waals surface area (Å²) in [4.78, 5) is 24.9. The Labute approximate surface area is 187 Å². The number of halogens is 6. The average Bonchev–Trinajstić information content (AvgIpc) is 2.97. The maximum absolute atomic E-state index is 12.8. The number of thiophene rings is 1. The highest BCUT2D eigenvalue weighted by Gasteiger charge is 2.28. The monoisotopic (exact) mass is 494 g/mol. The fourth-order valence-electron chi connectivity index (χ4n) is 2.62. The molecule has 2 amide bonds. The van der Waals surface area contributed by atoms with Gasteiger partial charge in [0.05, 0.1) is 10.0 Å². The lowest BCUT2D eigenvalue weighted by Gasteiger charge is -2.12. The Kier molecular flexibility index (Phi) is 6.52. The van der Waals surface area contributed by atoms with E-state index < -0.39 is 24.5 Å². The van der Waals surface area contributed by atoms with E-state index in [2.05, 4.69) is 5.32 Å². The van der Waals surface area contributed by atoms with E-state index in [0.29, 0.717) is 25.7 Å². The van der Waals surface area contributed by atoms with Crippen molar-refractivity contribution in [2.75, 3.05) is 11.9 Å². The fourth-order valence-corrected chi connectivity index (χ4v) is 4.89. The van der Waals surface area contributed by atoms with Crippen LogP contribution in [0, 0.1) is 6.92 Å². The molecule has 0 unspecified atom stereocenters. The first-order valence-electron chi connectivity index (χ1n) is 8.30. The minimum absolute atomic E-state index is 0.0302. The zero-order valence-corrected chi connectivity index (χ0v) is 18.2. The summed E-state index contributed by atoms with van der Waals surface area (Å²) >= 11 is 19.6. The molecule has 1 aromatic heterocycles. The van der Waals surface area contributed by atoms with E-state index in [4.69, 9.17) is 34.8 Å². The molecule has 3 rings (SSSR count). The number of hydrogen-bond acceptors (Lipinski definition) is 3. The van der Waals surface area contributed by atoms with Crippen LogP contribution in [-0.2, 0) is 0 Å². The molecule has 0 saturated carbocycles. The molecule has 11 heteroatoms. The van der Waals surface area contributed by atoms with E-state index in [9.17, 15) is 22.8 Å². The summed E-state index contributed by atoms with van der Waals surface area (Å²) in [5.41, 5.74) is 0.837. The third-order valence-electron chi connectivity index (χ3n) is 4.05. The van der Waals surface area contributed by atoms with Crippen LogP contribution in [0.25, 0.3) is 10.1 Å². The van der Waals surface area contributed by atoms with Crippen LogP contribution in [0.2, 0.25) is 15.1 Å². The third-order valence-corrected chi connectivity index (χ3v) is 6.20. The Balaban J connectivity index is 1.87. The molecule has 0 atom stereocenters. The molecule has 3 aromatic rings. The number of amides is 2. The first-order chi connectivity index (χ1) is 14.0. The minimum Gasteiger partial charge on any atom is -0.343 e. The van der Waals surface area contributed by atoms with Gasteiger partial charge in [-0.25, -0.2) is 0 Å². The van der Waals surface area contributed by atoms with Crippen molar-refractivity contribution in [1.29, 1.82) is 0 Å². The summed E-state index contributed by atoms with van der Waals surface area (Å²) in [6, 6.07) is 7.32. The van der Waals surface area contributed by atoms with Gasteiger partial charge in [-0.1, -0.05) is 40.9 Å². The van der Waals surface area contributed by atoms with Crippen molar-refractivity contribution in [3.8, 4) is 0 Å². The van der Waals surface area contributed by atoms with Crippen molar-refractivity contribution in [2.45, 2.75) is 13.1 Å². The predicted molar refractivity (Wildman–Crippen MR) is 114 cm³/mol. The van der Waals surface area contributed by atoms with Crippen molar-refractivity contribution in [1.82, 2.24) is 5.32 Å². The quantitative estimate of drug-likeness (QED) is 0.422. The van der Waals surface area contributed by atoms with Crippen molar-refractivity contribution < 1.29 is 22.8 Å². The SMILES string of the molecule is Cc1ccc(C(=O)NCC(F)(F)F)cc1NC(=O)c1sc2cc(Cl)cc(Cl)c2c1Cl. The summed E-state index contributed by atoms with van der Waals surface area (Å²) in [7, 11) is 0. The number of alkyl halides is 3. The fraction of sp³-hybridized carbons (Fsp3) is 0.158. The summed E-state index contributed by atoms with van der Waals surface area (Å²) in [5.74, 6) is -1.46. The lowest BCUT2D eigenvalue weighted by molar-refractivity contribution is -0.123. The van der Waals surface area contributed by atoms with E-state index >= 15 is 0 Å². The standard InChI is InChI=1S/C19H12Cl3F3N2O2S/c1-8-2-3-9(17(28)26-7-19(23,24)25)4-12(8)27-18(29)16-15(22)14-11(21)5-10(20)6-13(14)30-16/h2-6H,7H2,1H3,(H,26,28)(H,27,29). The molecule has 0 aliphatic rings. The zero-order chi connectivity index (χ0) is 22.2. The van der Waals surface area contributed by atoms with Gasteiger partial charge in [0, 0.05) is 26.4 Å². The number of fused-ring (bicyclic) bond motifs is 1. The molecule has 2 N–H and O–H groups in total. The Morgan fingerprint density at radius 3 is 2.43 bits per heavy atom. The molecule has 0 aliphatic carbocycles. The van der Waals surface area contributed by atoms with Crippen LogP contribution >= 0.6 is 46.1 Å². The van der Waals surface area contributed by atoms with Crippen molar-refractivity contribution in [3.63, 3.8) is 0 Å². The lowest BCUT2D eigenvalue weighted by Crippen LogP contribution is -2.33. The number of carbonyl (C=O) groups excluding carboxylic acids is 2. The second kappa shape index (κ2) is 8.63. The highest BCUT2D eigenvalue weighted by Crippen LogP contribution is 2.41. The minimum atomic E-state index is -4.53. The van der Waals surface area contributed by atoms with Crippen molar-refractivity contribution in [2.24, 2.45) is 0 Å². The van der Waals surface area contributed by atoms with E-state index in [1.165, 1.54) is 24.3 Å². The number of nitrogens with one attached hydrogen (secondary N) is 2. The van der Waals surface area contributed by atoms with Gasteiger partial charge < -0.3 is 10.6 Å². The maximum Gasteiger partial charge on any atom is 0.405 e. The average molecular weight is 496 g/mol. The first-order valence-corrected chi connectivity index (χ1v) is 10.3. The van der Waals surface area contributed by atoms with Crippen LogP contribution in [0.5, 0.6) is 0 Å². The van der Waals surface area contributed by atoms with Crippen LogP contribution in [0.15, 0.2) is 30.3 Å². The topological polar surface area (TPSA) is 58.2 Å². The van der Waals surface area contributed by atoms with E-state index in [-0.39, 0.29) is 21.2 Å². The van der Waals surface area contributed by atoms with Gasteiger partial charge in [-0.05, 0) is 36.8 Å². The smallest absolute Gasteiger partial charge is 0.343 e. The van der Waals surface area contributed by atoms with Gasteiger partial charge in [-0.3, -0.25) is 9.59 Å². The van der Waals surface area contributed by atoms with Crippen molar-refractivity contribution >= 4 is 73.7 Å². The molecule has 0 bridgehead atoms. The van der Waals surface area contributed by atoms with Crippen LogP contribution in [0.3, 0.4) is 0 Å². The van der Waals surface area contributed by atoms with Gasteiger partial charge in [0.2, 0.25) is 0 Å². The van der Waals surface area contributed by atoms with E-state index in [1.54, 1.807) is 18.3 Å². The first kappa shape index (κ1) is 22.7. The van der Waals surface area contributed by atoms with Gasteiger partial charge >= 0.3 is 6.18 Å². The Morgan fingerprint density at radius 2 is 1.77 bits per heavy atom. The second-order valence-electron chi connectivity index (χ2n) is 6.29. The van der Waals surface area contributed by atoms with Crippen LogP contribution < -0.4 is 10.6 Å². The number of benzene rings is 2. The normalized spacial score (nSPS) is 11.6. The molecule has 158 valence electrons. The molecule has 2 aromatic carbocycles. The van der Waals surface area contributed by atoms with Crippen LogP contribution in [0.1, 0.15) is 25.6 Å². The third kappa shape index (κ3) is 5.00. The van der Waals surface area contributed by atoms with Gasteiger partial charge in [-0.2, -0.15) is 13.2 Å². The molecule has 1 heterocycles. The van der Waals surface area contributed by atoms with Crippen molar-refractivity contribution in [3.05, 3.63) is 61.4 Å². The highest BCUT2D eigenvalue weighted by atomic mass is 35.5. The number of hydrogen-bond donors (Lipinski definition) is 2. The predicted octanol–water partition coefficient (Wildman–Crippen LogP) is 6.71. The van der Waals surface area contributed by atoms with Gasteiger partial charge in [0.15, 0.2) is 0 Å². The molecule has 0 aliphatic heterocycles. The van der Waals surface area contributed by atoms with E-state index in [0.717, 1.165) is 11.3 Å². The summed E-state index contributed by atoms with van der Waals surface area (Å²) in [5, 5.41) is 5.78. The Hall–Kier alpha value is -2.00. The molecule has 0 fully saturated rings. The number of carbonyl (C=O) groups is 2. The Bertz CT molecular complexity index is 1160. The van der Waals surface area contributed by atoms with Gasteiger partial charge in [-0.15, -0.1) is 11.3 Å². The maximum atomic E-state index is 12.8. The zero-order valence-electron chi connectivity index (χ0n) is 15.1. The Morgan fingerprint density at radius 1 is 1.07 bits per heavy atom. The van der Waals surface area contributed by atoms with Crippen LogP contribution in [0.4, 0.5) is 18.9 Å². The molecule has 4 nitrogen and oxygen atoms in total. The van der Waals surface area contributed by atoms with Gasteiger partial charge in [0.1, 0.15) is 11.4 Å². The number of aryl methyl sites for hydroxylation is 1. The van der Waals surface area contributed by atoms with Gasteiger partial charge in [0.25, 0.3) is 11.8 Å². The number of anilines is 1. The molecular formula is C19H12Cl3F3N2O2S. The lowest BCUT2D eigenvalue weighted by atomic mass is 10.1. The second-order valence-corrected chi connectivity index (χ2v) is 8.56. The largest absolute Gasteiger partial charge is 0.405 e. The number of rotatable bonds is 4. The van der Waals surface area contributed by atoms with E-state index in [1.807, 2.05) is 0 Å². The molecule has 0 radical (unpaired) electrons. The molecule has 30 heavy (non-hydrogen) atoms.